The zero-order valence-electron chi connectivity index (χ0n) is 17.2. The highest BCUT2D eigenvalue weighted by molar-refractivity contribution is 14.0. The van der Waals surface area contributed by atoms with Crippen molar-refractivity contribution < 1.29 is 0 Å². The Hall–Kier alpha value is -1.61. The number of piperidine rings is 1. The lowest BCUT2D eigenvalue weighted by Gasteiger charge is -2.30. The van der Waals surface area contributed by atoms with Crippen molar-refractivity contribution in [2.24, 2.45) is 18.0 Å². The largest absolute Gasteiger partial charge is 0.352 e. The van der Waals surface area contributed by atoms with E-state index >= 15 is 0 Å². The first-order valence-corrected chi connectivity index (χ1v) is 9.85. The zero-order chi connectivity index (χ0) is 19.1. The summed E-state index contributed by atoms with van der Waals surface area (Å²) in [6, 6.07) is 10.9. The van der Waals surface area contributed by atoms with Gasteiger partial charge in [-0.3, -0.25) is 14.6 Å². The molecule has 0 atom stereocenters. The van der Waals surface area contributed by atoms with Crippen LogP contribution in [0.25, 0.3) is 0 Å². The second-order valence-electron chi connectivity index (χ2n) is 7.50. The van der Waals surface area contributed by atoms with Crippen LogP contribution in [0, 0.1) is 5.92 Å². The molecule has 0 radical (unpaired) electrons. The third kappa shape index (κ3) is 6.77. The maximum Gasteiger partial charge on any atom is 0.191 e. The Morgan fingerprint density at radius 1 is 1.07 bits per heavy atom. The highest BCUT2D eigenvalue weighted by atomic mass is 127. The molecule has 28 heavy (non-hydrogen) atoms. The number of benzene rings is 1. The van der Waals surface area contributed by atoms with Crippen molar-refractivity contribution >= 4 is 29.9 Å². The number of likely N-dealkylation sites (tertiary alicyclic amines) is 1. The van der Waals surface area contributed by atoms with E-state index in [0.29, 0.717) is 6.54 Å². The van der Waals surface area contributed by atoms with Gasteiger partial charge in [-0.25, -0.2) is 0 Å². The fourth-order valence-corrected chi connectivity index (χ4v) is 3.40. The summed E-state index contributed by atoms with van der Waals surface area (Å²) >= 11 is 0. The van der Waals surface area contributed by atoms with Crippen LogP contribution in [-0.2, 0) is 26.7 Å². The molecule has 1 aliphatic heterocycles. The quantitative estimate of drug-likeness (QED) is 0.367. The Bertz CT molecular complexity index is 732. The molecule has 1 aliphatic rings. The van der Waals surface area contributed by atoms with Crippen LogP contribution in [0.1, 0.15) is 36.6 Å². The third-order valence-electron chi connectivity index (χ3n) is 5.35. The van der Waals surface area contributed by atoms with Crippen LogP contribution in [0.5, 0.6) is 0 Å². The van der Waals surface area contributed by atoms with Gasteiger partial charge in [-0.15, -0.1) is 24.0 Å². The number of hydrogen-bond acceptors (Lipinski definition) is 3. The molecule has 3 rings (SSSR count). The van der Waals surface area contributed by atoms with Crippen molar-refractivity contribution in [3.8, 4) is 0 Å². The van der Waals surface area contributed by atoms with Gasteiger partial charge < -0.3 is 10.6 Å². The predicted molar refractivity (Wildman–Crippen MR) is 126 cm³/mol. The van der Waals surface area contributed by atoms with E-state index < -0.39 is 0 Å². The van der Waals surface area contributed by atoms with Crippen molar-refractivity contribution in [3.05, 3.63) is 53.3 Å². The summed E-state index contributed by atoms with van der Waals surface area (Å²) < 4.78 is 1.86. The minimum absolute atomic E-state index is 0. The number of hydrogen-bond donors (Lipinski definition) is 2. The van der Waals surface area contributed by atoms with E-state index in [9.17, 15) is 0 Å². The fraction of sp³-hybridized carbons (Fsp3) is 0.524. The van der Waals surface area contributed by atoms with Gasteiger partial charge in [0.15, 0.2) is 5.96 Å². The van der Waals surface area contributed by atoms with E-state index in [0.717, 1.165) is 30.7 Å². The number of aliphatic imine (C=N–C) groups is 1. The summed E-state index contributed by atoms with van der Waals surface area (Å²) in [5, 5.41) is 10.9. The molecule has 2 aromatic rings. The Balaban J connectivity index is 0.00000280. The summed E-state index contributed by atoms with van der Waals surface area (Å²) in [6.45, 7) is 7.33. The lowest BCUT2D eigenvalue weighted by molar-refractivity contribution is 0.185. The first kappa shape index (κ1) is 22.7. The van der Waals surface area contributed by atoms with Crippen LogP contribution in [0.3, 0.4) is 0 Å². The molecular weight excluding hydrogens is 463 g/mol. The maximum absolute atomic E-state index is 4.29. The lowest BCUT2D eigenvalue weighted by Crippen LogP contribution is -2.36. The molecular formula is C21H33IN6. The molecule has 1 aromatic carbocycles. The summed E-state index contributed by atoms with van der Waals surface area (Å²) in [5.41, 5.74) is 3.77. The van der Waals surface area contributed by atoms with Crippen LogP contribution < -0.4 is 10.6 Å². The Morgan fingerprint density at radius 3 is 2.32 bits per heavy atom. The van der Waals surface area contributed by atoms with Gasteiger partial charge in [-0.05, 0) is 49.0 Å². The number of aromatic nitrogens is 2. The molecule has 2 N–H and O–H groups in total. The number of nitrogens with one attached hydrogen (secondary N) is 2. The number of halogens is 1. The topological polar surface area (TPSA) is 57.5 Å². The Morgan fingerprint density at radius 2 is 1.71 bits per heavy atom. The summed E-state index contributed by atoms with van der Waals surface area (Å²) in [5.74, 6) is 1.68. The number of guanidine groups is 1. The highest BCUT2D eigenvalue weighted by Crippen LogP contribution is 2.18. The van der Waals surface area contributed by atoms with Crippen LogP contribution >= 0.6 is 24.0 Å². The second kappa shape index (κ2) is 11.4. The normalized spacial score (nSPS) is 15.9. The van der Waals surface area contributed by atoms with Gasteiger partial charge in [0.25, 0.3) is 0 Å². The standard InChI is InChI=1S/C21H32N6.HI/c1-17-9-12-27(13-10-17)16-19-6-4-18(5-7-19)14-23-21(22-2)24-15-20-8-11-25-26(20)3;/h4-8,11,17H,9-10,12-16H2,1-3H3,(H2,22,23,24);1H. The minimum Gasteiger partial charge on any atom is -0.352 e. The monoisotopic (exact) mass is 496 g/mol. The van der Waals surface area contributed by atoms with Crippen molar-refractivity contribution in [3.63, 3.8) is 0 Å². The summed E-state index contributed by atoms with van der Waals surface area (Å²) in [4.78, 5) is 6.86. The first-order chi connectivity index (χ1) is 13.1. The van der Waals surface area contributed by atoms with Crippen molar-refractivity contribution in [2.45, 2.75) is 39.4 Å². The molecule has 0 aliphatic carbocycles. The van der Waals surface area contributed by atoms with Gasteiger partial charge in [0.1, 0.15) is 0 Å². The SMILES string of the molecule is CN=C(NCc1ccc(CN2CCC(C)CC2)cc1)NCc1ccnn1C.I. The van der Waals surface area contributed by atoms with Crippen molar-refractivity contribution in [1.82, 2.24) is 25.3 Å². The number of rotatable bonds is 6. The average molecular weight is 496 g/mol. The second-order valence-corrected chi connectivity index (χ2v) is 7.50. The van der Waals surface area contributed by atoms with Crippen LogP contribution in [0.2, 0.25) is 0 Å². The van der Waals surface area contributed by atoms with Crippen LogP contribution in [-0.4, -0.2) is 40.8 Å². The van der Waals surface area contributed by atoms with Gasteiger partial charge in [-0.2, -0.15) is 5.10 Å². The molecule has 0 spiro atoms. The molecule has 2 heterocycles. The van der Waals surface area contributed by atoms with E-state index in [1.165, 1.54) is 37.1 Å². The van der Waals surface area contributed by atoms with Crippen molar-refractivity contribution in [2.75, 3.05) is 20.1 Å². The zero-order valence-corrected chi connectivity index (χ0v) is 19.5. The Labute approximate surface area is 185 Å². The minimum atomic E-state index is 0. The molecule has 7 heteroatoms. The van der Waals surface area contributed by atoms with E-state index in [4.69, 9.17) is 0 Å². The molecule has 0 saturated carbocycles. The average Bonchev–Trinajstić information content (AvgIpc) is 3.10. The molecule has 1 aromatic heterocycles. The molecule has 1 saturated heterocycles. The predicted octanol–water partition coefficient (Wildman–Crippen LogP) is 3.14. The van der Waals surface area contributed by atoms with E-state index in [2.05, 4.69) is 56.8 Å². The molecule has 1 fully saturated rings. The van der Waals surface area contributed by atoms with E-state index in [1.807, 2.05) is 17.8 Å². The number of aryl methyl sites for hydroxylation is 1. The van der Waals surface area contributed by atoms with E-state index in [-0.39, 0.29) is 24.0 Å². The number of nitrogens with zero attached hydrogens (tertiary/aromatic N) is 4. The molecule has 0 amide bonds. The Kier molecular flexibility index (Phi) is 9.24. The van der Waals surface area contributed by atoms with Crippen LogP contribution in [0.4, 0.5) is 0 Å². The van der Waals surface area contributed by atoms with Gasteiger partial charge >= 0.3 is 0 Å². The van der Waals surface area contributed by atoms with E-state index in [1.54, 1.807) is 13.2 Å². The highest BCUT2D eigenvalue weighted by Gasteiger charge is 2.15. The molecule has 0 bridgehead atoms. The third-order valence-corrected chi connectivity index (χ3v) is 5.35. The van der Waals surface area contributed by atoms with Gasteiger partial charge in [-0.1, -0.05) is 31.2 Å². The smallest absolute Gasteiger partial charge is 0.191 e. The lowest BCUT2D eigenvalue weighted by atomic mass is 9.99. The van der Waals surface area contributed by atoms with Gasteiger partial charge in [0.05, 0.1) is 12.2 Å². The maximum atomic E-state index is 4.29. The van der Waals surface area contributed by atoms with Gasteiger partial charge in [0, 0.05) is 33.4 Å². The van der Waals surface area contributed by atoms with Crippen molar-refractivity contribution in [1.29, 1.82) is 0 Å². The van der Waals surface area contributed by atoms with Gasteiger partial charge in [0.2, 0.25) is 0 Å². The summed E-state index contributed by atoms with van der Waals surface area (Å²) in [6.07, 6.45) is 4.46. The summed E-state index contributed by atoms with van der Waals surface area (Å²) in [7, 11) is 3.74. The fourth-order valence-electron chi connectivity index (χ4n) is 3.40. The van der Waals surface area contributed by atoms with Crippen LogP contribution in [0.15, 0.2) is 41.5 Å². The molecule has 0 unspecified atom stereocenters. The molecule has 154 valence electrons. The molecule has 6 nitrogen and oxygen atoms in total. The first-order valence-electron chi connectivity index (χ1n) is 9.85.